The van der Waals surface area contributed by atoms with E-state index in [1.165, 1.54) is 0 Å². The van der Waals surface area contributed by atoms with Crippen molar-refractivity contribution in [1.82, 2.24) is 10.2 Å². The molecule has 0 aromatic heterocycles. The third-order valence-corrected chi connectivity index (χ3v) is 4.09. The first-order chi connectivity index (χ1) is 9.25. The number of amides is 2. The highest BCUT2D eigenvalue weighted by Gasteiger charge is 2.34. The van der Waals surface area contributed by atoms with E-state index >= 15 is 0 Å². The summed E-state index contributed by atoms with van der Waals surface area (Å²) >= 11 is 0. The van der Waals surface area contributed by atoms with Crippen LogP contribution >= 0.6 is 0 Å². The molecule has 1 heterocycles. The normalized spacial score (nSPS) is 22.0. The molecule has 0 radical (unpaired) electrons. The molecule has 2 N–H and O–H groups in total. The highest BCUT2D eigenvalue weighted by Crippen LogP contribution is 2.22. The lowest BCUT2D eigenvalue weighted by atomic mass is 9.87. The molecule has 1 fully saturated rings. The molecular formula is C15H28N2O3. The summed E-state index contributed by atoms with van der Waals surface area (Å²) in [6.07, 6.45) is 4.31. The zero-order chi connectivity index (χ0) is 15.3. The molecule has 0 spiro atoms. The van der Waals surface area contributed by atoms with Gasteiger partial charge in [-0.05, 0) is 30.6 Å². The minimum atomic E-state index is -0.980. The van der Waals surface area contributed by atoms with Gasteiger partial charge in [0.2, 0.25) is 0 Å². The Hall–Kier alpha value is -1.26. The molecule has 0 aliphatic carbocycles. The maximum atomic E-state index is 12.3. The lowest BCUT2D eigenvalue weighted by molar-refractivity contribution is -0.142. The molecule has 0 saturated carbocycles. The number of carboxylic acids is 1. The summed E-state index contributed by atoms with van der Waals surface area (Å²) in [4.78, 5) is 25.3. The van der Waals surface area contributed by atoms with Gasteiger partial charge in [-0.15, -0.1) is 0 Å². The SMILES string of the molecule is CCC1CCCN(C(=O)N[C@H](C(=O)O)C(C)(C)C)CC1. The van der Waals surface area contributed by atoms with Crippen molar-refractivity contribution < 1.29 is 14.7 Å². The molecule has 1 aliphatic heterocycles. The van der Waals surface area contributed by atoms with Gasteiger partial charge in [-0.25, -0.2) is 9.59 Å². The van der Waals surface area contributed by atoms with E-state index in [0.29, 0.717) is 5.92 Å². The molecule has 2 amide bonds. The van der Waals surface area contributed by atoms with Crippen LogP contribution in [0.2, 0.25) is 0 Å². The molecular weight excluding hydrogens is 256 g/mol. The van der Waals surface area contributed by atoms with Crippen LogP contribution in [0, 0.1) is 11.3 Å². The monoisotopic (exact) mass is 284 g/mol. The largest absolute Gasteiger partial charge is 0.480 e. The molecule has 20 heavy (non-hydrogen) atoms. The highest BCUT2D eigenvalue weighted by molar-refractivity contribution is 5.83. The molecule has 1 aliphatic rings. The number of nitrogens with one attached hydrogen (secondary N) is 1. The summed E-state index contributed by atoms with van der Waals surface area (Å²) in [5.74, 6) is -0.294. The Kier molecular flexibility index (Phi) is 5.84. The topological polar surface area (TPSA) is 69.6 Å². The van der Waals surface area contributed by atoms with Crippen LogP contribution in [0.4, 0.5) is 4.79 Å². The van der Waals surface area contributed by atoms with E-state index in [-0.39, 0.29) is 6.03 Å². The molecule has 0 aromatic rings. The second-order valence-corrected chi connectivity index (χ2v) is 6.78. The van der Waals surface area contributed by atoms with E-state index in [2.05, 4.69) is 12.2 Å². The van der Waals surface area contributed by atoms with Gasteiger partial charge in [-0.2, -0.15) is 0 Å². The van der Waals surface area contributed by atoms with Crippen molar-refractivity contribution in [2.75, 3.05) is 13.1 Å². The van der Waals surface area contributed by atoms with Gasteiger partial charge in [-0.1, -0.05) is 34.1 Å². The number of carboxylic acid groups (broad SMARTS) is 1. The van der Waals surface area contributed by atoms with E-state index in [4.69, 9.17) is 0 Å². The van der Waals surface area contributed by atoms with Gasteiger partial charge >= 0.3 is 12.0 Å². The van der Waals surface area contributed by atoms with Crippen molar-refractivity contribution in [2.45, 2.75) is 59.4 Å². The molecule has 5 nitrogen and oxygen atoms in total. The van der Waals surface area contributed by atoms with Crippen molar-refractivity contribution in [1.29, 1.82) is 0 Å². The number of carbonyl (C=O) groups excluding carboxylic acids is 1. The molecule has 1 saturated heterocycles. The van der Waals surface area contributed by atoms with Crippen LogP contribution in [-0.2, 0) is 4.79 Å². The zero-order valence-corrected chi connectivity index (χ0v) is 13.1. The van der Waals surface area contributed by atoms with E-state index < -0.39 is 17.4 Å². The number of urea groups is 1. The Morgan fingerprint density at radius 1 is 1.30 bits per heavy atom. The number of likely N-dealkylation sites (tertiary alicyclic amines) is 1. The number of rotatable bonds is 3. The van der Waals surface area contributed by atoms with Gasteiger partial charge < -0.3 is 15.3 Å². The smallest absolute Gasteiger partial charge is 0.326 e. The first kappa shape index (κ1) is 16.8. The molecule has 1 rings (SSSR count). The summed E-state index contributed by atoms with van der Waals surface area (Å²) in [6.45, 7) is 9.09. The minimum absolute atomic E-state index is 0.246. The summed E-state index contributed by atoms with van der Waals surface area (Å²) in [5.41, 5.74) is -0.501. The third-order valence-electron chi connectivity index (χ3n) is 4.09. The van der Waals surface area contributed by atoms with Crippen LogP contribution in [-0.4, -0.2) is 41.1 Å². The minimum Gasteiger partial charge on any atom is -0.480 e. The fraction of sp³-hybridized carbons (Fsp3) is 0.867. The van der Waals surface area contributed by atoms with Gasteiger partial charge in [0, 0.05) is 13.1 Å². The molecule has 2 atom stereocenters. The number of hydrogen-bond acceptors (Lipinski definition) is 2. The van der Waals surface area contributed by atoms with Crippen LogP contribution in [0.25, 0.3) is 0 Å². The third kappa shape index (κ3) is 4.69. The van der Waals surface area contributed by atoms with Gasteiger partial charge in [0.25, 0.3) is 0 Å². The van der Waals surface area contributed by atoms with E-state index in [1.807, 2.05) is 20.8 Å². The second kappa shape index (κ2) is 6.95. The molecule has 1 unspecified atom stereocenters. The van der Waals surface area contributed by atoms with Gasteiger partial charge in [0.05, 0.1) is 0 Å². The fourth-order valence-electron chi connectivity index (χ4n) is 2.64. The predicted molar refractivity (Wildman–Crippen MR) is 78.6 cm³/mol. The lowest BCUT2D eigenvalue weighted by Crippen LogP contribution is -2.53. The maximum Gasteiger partial charge on any atom is 0.326 e. The Bertz CT molecular complexity index is 350. The van der Waals surface area contributed by atoms with Crippen LogP contribution < -0.4 is 5.32 Å². The summed E-state index contributed by atoms with van der Waals surface area (Å²) in [7, 11) is 0. The Morgan fingerprint density at radius 2 is 1.95 bits per heavy atom. The average molecular weight is 284 g/mol. The van der Waals surface area contributed by atoms with Crippen LogP contribution in [0.3, 0.4) is 0 Å². The highest BCUT2D eigenvalue weighted by atomic mass is 16.4. The summed E-state index contributed by atoms with van der Waals surface area (Å²) < 4.78 is 0. The lowest BCUT2D eigenvalue weighted by Gasteiger charge is -2.30. The van der Waals surface area contributed by atoms with E-state index in [1.54, 1.807) is 4.90 Å². The number of nitrogens with zero attached hydrogens (tertiary/aromatic N) is 1. The summed E-state index contributed by atoms with van der Waals surface area (Å²) in [6, 6.07) is -1.11. The van der Waals surface area contributed by atoms with Gasteiger partial charge in [-0.3, -0.25) is 0 Å². The Labute approximate surface area is 121 Å². The van der Waals surface area contributed by atoms with E-state index in [9.17, 15) is 14.7 Å². The Balaban J connectivity index is 2.63. The molecule has 0 aromatic carbocycles. The van der Waals surface area contributed by atoms with Crippen LogP contribution in [0.5, 0.6) is 0 Å². The number of hydrogen-bond donors (Lipinski definition) is 2. The van der Waals surface area contributed by atoms with Gasteiger partial charge in [0.15, 0.2) is 0 Å². The second-order valence-electron chi connectivity index (χ2n) is 6.78. The van der Waals surface area contributed by atoms with Gasteiger partial charge in [0.1, 0.15) is 6.04 Å². The first-order valence-electron chi connectivity index (χ1n) is 7.54. The number of carbonyl (C=O) groups is 2. The molecule has 116 valence electrons. The van der Waals surface area contributed by atoms with E-state index in [0.717, 1.165) is 38.8 Å². The number of aliphatic carboxylic acids is 1. The van der Waals surface area contributed by atoms with Crippen LogP contribution in [0.15, 0.2) is 0 Å². The molecule has 0 bridgehead atoms. The molecule has 5 heteroatoms. The summed E-state index contributed by atoms with van der Waals surface area (Å²) in [5, 5.41) is 11.9. The van der Waals surface area contributed by atoms with Crippen molar-refractivity contribution in [2.24, 2.45) is 11.3 Å². The first-order valence-corrected chi connectivity index (χ1v) is 7.54. The predicted octanol–water partition coefficient (Wildman–Crippen LogP) is 2.71. The Morgan fingerprint density at radius 3 is 2.45 bits per heavy atom. The zero-order valence-electron chi connectivity index (χ0n) is 13.1. The van der Waals surface area contributed by atoms with Crippen molar-refractivity contribution in [3.8, 4) is 0 Å². The van der Waals surface area contributed by atoms with Crippen molar-refractivity contribution in [3.05, 3.63) is 0 Å². The van der Waals surface area contributed by atoms with Crippen molar-refractivity contribution >= 4 is 12.0 Å². The van der Waals surface area contributed by atoms with Crippen molar-refractivity contribution in [3.63, 3.8) is 0 Å². The average Bonchev–Trinajstić information content (AvgIpc) is 2.58. The quantitative estimate of drug-likeness (QED) is 0.837. The van der Waals surface area contributed by atoms with Crippen LogP contribution in [0.1, 0.15) is 53.4 Å². The standard InChI is InChI=1S/C15H28N2O3/c1-5-11-7-6-9-17(10-8-11)14(20)16-12(13(18)19)15(2,3)4/h11-12H,5-10H2,1-4H3,(H,16,20)(H,18,19)/t11?,12-/m1/s1. The fourth-order valence-corrected chi connectivity index (χ4v) is 2.64. The maximum absolute atomic E-state index is 12.3.